The summed E-state index contributed by atoms with van der Waals surface area (Å²) in [5.74, 6) is 1.94. The molecule has 5 nitrogen and oxygen atoms in total. The van der Waals surface area contributed by atoms with Gasteiger partial charge in [0.1, 0.15) is 5.82 Å². The van der Waals surface area contributed by atoms with Gasteiger partial charge in [-0.25, -0.2) is 0 Å². The second kappa shape index (κ2) is 7.26. The van der Waals surface area contributed by atoms with Crippen LogP contribution in [0.4, 0.5) is 0 Å². The summed E-state index contributed by atoms with van der Waals surface area (Å²) >= 11 is 1.73. The summed E-state index contributed by atoms with van der Waals surface area (Å²) in [5, 5.41) is 9.65. The molecule has 0 atom stereocenters. The average Bonchev–Trinajstić information content (AvgIpc) is 2.88. The van der Waals surface area contributed by atoms with Crippen LogP contribution >= 0.6 is 11.8 Å². The fourth-order valence-corrected chi connectivity index (χ4v) is 3.29. The van der Waals surface area contributed by atoms with Crippen molar-refractivity contribution in [3.8, 4) is 0 Å². The molecular weight excluding hydrogens is 296 g/mol. The first-order valence-electron chi connectivity index (χ1n) is 7.59. The minimum atomic E-state index is 0.812. The molecule has 0 saturated carbocycles. The fourth-order valence-electron chi connectivity index (χ4n) is 2.40. The van der Waals surface area contributed by atoms with E-state index < -0.39 is 0 Å². The third-order valence-electron chi connectivity index (χ3n) is 3.88. The first-order chi connectivity index (χ1) is 10.7. The van der Waals surface area contributed by atoms with Crippen molar-refractivity contribution in [1.82, 2.24) is 19.7 Å². The molecule has 0 amide bonds. The predicted octanol–water partition coefficient (Wildman–Crippen LogP) is 2.25. The molecule has 1 aliphatic heterocycles. The molecule has 1 aliphatic rings. The molecule has 1 aromatic carbocycles. The van der Waals surface area contributed by atoms with Gasteiger partial charge >= 0.3 is 0 Å². The van der Waals surface area contributed by atoms with E-state index in [2.05, 4.69) is 50.9 Å². The van der Waals surface area contributed by atoms with E-state index in [9.17, 15) is 0 Å². The second-order valence-corrected chi connectivity index (χ2v) is 6.56. The summed E-state index contributed by atoms with van der Waals surface area (Å²) in [4.78, 5) is 2.36. The van der Waals surface area contributed by atoms with Crippen molar-refractivity contribution in [3.05, 3.63) is 41.2 Å². The van der Waals surface area contributed by atoms with Gasteiger partial charge in [0.25, 0.3) is 0 Å². The maximum atomic E-state index is 5.38. The lowest BCUT2D eigenvalue weighted by Crippen LogP contribution is -2.36. The Bertz CT molecular complexity index is 605. The predicted molar refractivity (Wildman–Crippen MR) is 87.8 cm³/mol. The van der Waals surface area contributed by atoms with Crippen molar-refractivity contribution in [2.75, 3.05) is 26.3 Å². The van der Waals surface area contributed by atoms with Gasteiger partial charge in [0, 0.05) is 25.9 Å². The molecule has 2 aromatic rings. The highest BCUT2D eigenvalue weighted by Gasteiger charge is 2.15. The highest BCUT2D eigenvalue weighted by atomic mass is 32.2. The SMILES string of the molecule is Cc1ccc(CSc2nnc(CN3CCOCC3)n2C)cc1. The van der Waals surface area contributed by atoms with Gasteiger partial charge in [0.15, 0.2) is 5.16 Å². The first-order valence-corrected chi connectivity index (χ1v) is 8.57. The number of thioether (sulfide) groups is 1. The minimum absolute atomic E-state index is 0.812. The molecule has 6 heteroatoms. The molecular formula is C16H22N4OS. The number of nitrogens with zero attached hydrogens (tertiary/aromatic N) is 4. The Morgan fingerprint density at radius 1 is 1.14 bits per heavy atom. The normalized spacial score (nSPS) is 16.1. The Labute approximate surface area is 135 Å². The zero-order valence-corrected chi connectivity index (χ0v) is 14.0. The molecule has 118 valence electrons. The third-order valence-corrected chi connectivity index (χ3v) is 4.97. The number of benzene rings is 1. The maximum Gasteiger partial charge on any atom is 0.191 e. The van der Waals surface area contributed by atoms with Gasteiger partial charge in [-0.05, 0) is 12.5 Å². The molecule has 3 rings (SSSR count). The van der Waals surface area contributed by atoms with Crippen molar-refractivity contribution in [3.63, 3.8) is 0 Å². The van der Waals surface area contributed by atoms with E-state index in [1.165, 1.54) is 11.1 Å². The number of aromatic nitrogens is 3. The van der Waals surface area contributed by atoms with Crippen molar-refractivity contribution < 1.29 is 4.74 Å². The Kier molecular flexibility index (Phi) is 5.12. The van der Waals surface area contributed by atoms with Crippen LogP contribution in [0.15, 0.2) is 29.4 Å². The van der Waals surface area contributed by atoms with Crippen LogP contribution in [-0.4, -0.2) is 46.0 Å². The van der Waals surface area contributed by atoms with Gasteiger partial charge in [-0.15, -0.1) is 10.2 Å². The Hall–Kier alpha value is -1.37. The molecule has 1 saturated heterocycles. The third kappa shape index (κ3) is 3.88. The van der Waals surface area contributed by atoms with E-state index in [-0.39, 0.29) is 0 Å². The van der Waals surface area contributed by atoms with E-state index in [0.29, 0.717) is 0 Å². The largest absolute Gasteiger partial charge is 0.379 e. The van der Waals surface area contributed by atoms with E-state index in [4.69, 9.17) is 4.74 Å². The Balaban J connectivity index is 1.59. The summed E-state index contributed by atoms with van der Waals surface area (Å²) in [6, 6.07) is 8.65. The fraction of sp³-hybridized carbons (Fsp3) is 0.500. The standard InChI is InChI=1S/C16H22N4OS/c1-13-3-5-14(6-4-13)12-22-16-18-17-15(19(16)2)11-20-7-9-21-10-8-20/h3-6H,7-12H2,1-2H3. The lowest BCUT2D eigenvalue weighted by Gasteiger charge is -2.25. The van der Waals surface area contributed by atoms with Gasteiger partial charge in [0.05, 0.1) is 19.8 Å². The monoisotopic (exact) mass is 318 g/mol. The quantitative estimate of drug-likeness (QED) is 0.791. The van der Waals surface area contributed by atoms with Gasteiger partial charge in [-0.1, -0.05) is 41.6 Å². The molecule has 2 heterocycles. The summed E-state index contributed by atoms with van der Waals surface area (Å²) in [6.07, 6.45) is 0. The average molecular weight is 318 g/mol. The van der Waals surface area contributed by atoms with Crippen LogP contribution in [0, 0.1) is 6.92 Å². The molecule has 0 aliphatic carbocycles. The molecule has 0 radical (unpaired) electrons. The lowest BCUT2D eigenvalue weighted by atomic mass is 10.2. The highest BCUT2D eigenvalue weighted by Crippen LogP contribution is 2.21. The van der Waals surface area contributed by atoms with E-state index in [1.54, 1.807) is 11.8 Å². The molecule has 0 spiro atoms. The van der Waals surface area contributed by atoms with Crippen LogP contribution in [0.2, 0.25) is 0 Å². The van der Waals surface area contributed by atoms with Crippen molar-refractivity contribution in [1.29, 1.82) is 0 Å². The zero-order valence-electron chi connectivity index (χ0n) is 13.2. The van der Waals surface area contributed by atoms with Crippen molar-refractivity contribution in [2.45, 2.75) is 24.4 Å². The zero-order chi connectivity index (χ0) is 15.4. The summed E-state index contributed by atoms with van der Waals surface area (Å²) < 4.78 is 7.49. The van der Waals surface area contributed by atoms with Gasteiger partial charge < -0.3 is 9.30 Å². The van der Waals surface area contributed by atoms with Crippen molar-refractivity contribution >= 4 is 11.8 Å². The number of hydrogen-bond acceptors (Lipinski definition) is 5. The van der Waals surface area contributed by atoms with Crippen LogP contribution in [-0.2, 0) is 24.1 Å². The van der Waals surface area contributed by atoms with E-state index in [0.717, 1.165) is 49.6 Å². The van der Waals surface area contributed by atoms with Crippen LogP contribution in [0.3, 0.4) is 0 Å². The number of ether oxygens (including phenoxy) is 1. The summed E-state index contributed by atoms with van der Waals surface area (Å²) in [7, 11) is 2.05. The smallest absolute Gasteiger partial charge is 0.191 e. The first kappa shape index (κ1) is 15.5. The van der Waals surface area contributed by atoms with Crippen molar-refractivity contribution in [2.24, 2.45) is 7.05 Å². The Morgan fingerprint density at radius 3 is 2.59 bits per heavy atom. The molecule has 0 bridgehead atoms. The van der Waals surface area contributed by atoms with Crippen LogP contribution in [0.5, 0.6) is 0 Å². The second-order valence-electron chi connectivity index (χ2n) is 5.62. The maximum absolute atomic E-state index is 5.38. The number of aryl methyl sites for hydroxylation is 1. The Morgan fingerprint density at radius 2 is 1.86 bits per heavy atom. The van der Waals surface area contributed by atoms with Gasteiger partial charge in [0.2, 0.25) is 0 Å². The lowest BCUT2D eigenvalue weighted by molar-refractivity contribution is 0.0326. The summed E-state index contributed by atoms with van der Waals surface area (Å²) in [5.41, 5.74) is 2.61. The van der Waals surface area contributed by atoms with Crippen LogP contribution in [0.1, 0.15) is 17.0 Å². The minimum Gasteiger partial charge on any atom is -0.379 e. The number of hydrogen-bond donors (Lipinski definition) is 0. The van der Waals surface area contributed by atoms with Gasteiger partial charge in [-0.2, -0.15) is 0 Å². The number of morpholine rings is 1. The topological polar surface area (TPSA) is 43.2 Å². The number of rotatable bonds is 5. The van der Waals surface area contributed by atoms with Crippen LogP contribution in [0.25, 0.3) is 0 Å². The van der Waals surface area contributed by atoms with E-state index >= 15 is 0 Å². The molecule has 22 heavy (non-hydrogen) atoms. The van der Waals surface area contributed by atoms with Gasteiger partial charge in [-0.3, -0.25) is 4.90 Å². The molecule has 1 aromatic heterocycles. The van der Waals surface area contributed by atoms with E-state index in [1.807, 2.05) is 7.05 Å². The van der Waals surface area contributed by atoms with Crippen LogP contribution < -0.4 is 0 Å². The molecule has 0 unspecified atom stereocenters. The molecule has 0 N–H and O–H groups in total. The summed E-state index contributed by atoms with van der Waals surface area (Å²) in [6.45, 7) is 6.52. The highest BCUT2D eigenvalue weighted by molar-refractivity contribution is 7.98. The molecule has 1 fully saturated rings.